The first-order valence-electron chi connectivity index (χ1n) is 23.9. The van der Waals surface area contributed by atoms with Crippen LogP contribution in [0, 0.1) is 28.5 Å². The Labute approximate surface area is 403 Å². The Bertz CT molecular complexity index is 3170. The molecule has 362 valence electrons. The van der Waals surface area contributed by atoms with Crippen molar-refractivity contribution in [1.82, 2.24) is 29.0 Å². The SMILES string of the molecule is N#Cc1c(NS(=O)(=O)N2CC[C@@H](F)C2)ccc(F)c1Oc1ccc2ncn(-c3ccc(N4CCC(CN5CC6(CCC(c7ccc8c(c7)CN([C@@H]7CCC(=O)NC7=O)C8=O)CC6)C5)C4)cc3)c(=O)c2c1. The molecule has 3 atom stereocenters. The molecule has 19 heteroatoms. The van der Waals surface area contributed by atoms with Gasteiger partial charge in [-0.3, -0.25) is 33.8 Å². The van der Waals surface area contributed by atoms with Gasteiger partial charge in [0, 0.05) is 70.0 Å². The van der Waals surface area contributed by atoms with Gasteiger partial charge in [0.2, 0.25) is 11.8 Å². The van der Waals surface area contributed by atoms with Gasteiger partial charge in [-0.05, 0) is 134 Å². The quantitative estimate of drug-likeness (QED) is 0.145. The van der Waals surface area contributed by atoms with Crippen molar-refractivity contribution in [3.8, 4) is 23.3 Å². The van der Waals surface area contributed by atoms with E-state index in [1.165, 1.54) is 47.5 Å². The highest BCUT2D eigenvalue weighted by Crippen LogP contribution is 2.49. The molecule has 3 amide bonds. The lowest BCUT2D eigenvalue weighted by Crippen LogP contribution is -2.58. The second-order valence-electron chi connectivity index (χ2n) is 19.8. The number of hydrogen-bond donors (Lipinski definition) is 2. The number of imide groups is 1. The Morgan fingerprint density at radius 1 is 0.900 bits per heavy atom. The summed E-state index contributed by atoms with van der Waals surface area (Å²) >= 11 is 0. The van der Waals surface area contributed by atoms with E-state index in [0.29, 0.717) is 47.0 Å². The Hall–Kier alpha value is -6.75. The Morgan fingerprint density at radius 3 is 2.43 bits per heavy atom. The van der Waals surface area contributed by atoms with Crippen LogP contribution < -0.4 is 25.2 Å². The molecule has 0 radical (unpaired) electrons. The summed E-state index contributed by atoms with van der Waals surface area (Å²) in [7, 11) is -4.24. The van der Waals surface area contributed by atoms with E-state index in [2.05, 4.69) is 37.0 Å². The summed E-state index contributed by atoms with van der Waals surface area (Å²) in [6.45, 7) is 5.19. The van der Waals surface area contributed by atoms with E-state index in [1.807, 2.05) is 36.4 Å². The second-order valence-corrected chi connectivity index (χ2v) is 21.5. The Morgan fingerprint density at radius 2 is 1.69 bits per heavy atom. The molecule has 6 heterocycles. The van der Waals surface area contributed by atoms with Crippen LogP contribution in [-0.4, -0.2) is 108 Å². The number of ether oxygens (including phenoxy) is 1. The van der Waals surface area contributed by atoms with Crippen molar-refractivity contribution in [1.29, 1.82) is 5.26 Å². The van der Waals surface area contributed by atoms with Crippen molar-refractivity contribution in [2.45, 2.75) is 76.0 Å². The minimum absolute atomic E-state index is 0.0224. The normalized spacial score (nSPS) is 22.9. The molecule has 4 aromatic carbocycles. The molecular formula is C51H51F2N9O7S. The van der Waals surface area contributed by atoms with Crippen LogP contribution in [-0.2, 0) is 26.3 Å². The van der Waals surface area contributed by atoms with E-state index in [-0.39, 0.29) is 60.5 Å². The third-order valence-corrected chi connectivity index (χ3v) is 16.8. The van der Waals surface area contributed by atoms with Crippen molar-refractivity contribution in [3.63, 3.8) is 0 Å². The van der Waals surface area contributed by atoms with Crippen LogP contribution in [0.3, 0.4) is 0 Å². The van der Waals surface area contributed by atoms with Gasteiger partial charge in [0.15, 0.2) is 11.6 Å². The maximum atomic E-state index is 15.2. The maximum absolute atomic E-state index is 15.2. The molecule has 1 aliphatic carbocycles. The van der Waals surface area contributed by atoms with Gasteiger partial charge < -0.3 is 19.4 Å². The van der Waals surface area contributed by atoms with E-state index in [4.69, 9.17) is 4.74 Å². The number of nitriles is 1. The van der Waals surface area contributed by atoms with E-state index >= 15 is 4.39 Å². The predicted octanol–water partition coefficient (Wildman–Crippen LogP) is 6.14. The van der Waals surface area contributed by atoms with Crippen molar-refractivity contribution >= 4 is 50.2 Å². The first kappa shape index (κ1) is 45.7. The van der Waals surface area contributed by atoms with Gasteiger partial charge in [-0.1, -0.05) is 12.1 Å². The number of hydrogen-bond acceptors (Lipinski definition) is 11. The predicted molar refractivity (Wildman–Crippen MR) is 255 cm³/mol. The van der Waals surface area contributed by atoms with Gasteiger partial charge in [0.1, 0.15) is 35.9 Å². The largest absolute Gasteiger partial charge is 0.453 e. The fourth-order valence-electron chi connectivity index (χ4n) is 11.6. The number of carbonyl (C=O) groups excluding carboxylic acids is 3. The smallest absolute Gasteiger partial charge is 0.301 e. The van der Waals surface area contributed by atoms with Crippen LogP contribution >= 0.6 is 0 Å². The zero-order valence-corrected chi connectivity index (χ0v) is 39.1. The molecule has 2 N–H and O–H groups in total. The number of aromatic nitrogens is 2. The molecule has 1 spiro atoms. The van der Waals surface area contributed by atoms with E-state index in [1.54, 1.807) is 4.90 Å². The highest BCUT2D eigenvalue weighted by Gasteiger charge is 2.46. The monoisotopic (exact) mass is 971 g/mol. The first-order valence-corrected chi connectivity index (χ1v) is 25.4. The van der Waals surface area contributed by atoms with Gasteiger partial charge in [-0.25, -0.2) is 13.8 Å². The lowest BCUT2D eigenvalue weighted by molar-refractivity contribution is -0.136. The molecular weight excluding hydrogens is 921 g/mol. The minimum atomic E-state index is -4.24. The lowest BCUT2D eigenvalue weighted by atomic mass is 9.64. The third-order valence-electron chi connectivity index (χ3n) is 15.3. The van der Waals surface area contributed by atoms with Crippen LogP contribution in [0.1, 0.15) is 84.3 Å². The van der Waals surface area contributed by atoms with Crippen LogP contribution in [0.2, 0.25) is 0 Å². The van der Waals surface area contributed by atoms with Gasteiger partial charge in [-0.2, -0.15) is 18.0 Å². The molecule has 5 aliphatic heterocycles. The van der Waals surface area contributed by atoms with E-state index in [9.17, 15) is 37.2 Å². The molecule has 11 rings (SSSR count). The summed E-state index contributed by atoms with van der Waals surface area (Å²) in [5.74, 6) is -1.28. The molecule has 1 unspecified atom stereocenters. The molecule has 1 aromatic heterocycles. The fraction of sp³-hybridized carbons (Fsp3) is 0.412. The van der Waals surface area contributed by atoms with Gasteiger partial charge in [0.05, 0.1) is 22.3 Å². The second kappa shape index (κ2) is 17.9. The molecule has 4 saturated heterocycles. The van der Waals surface area contributed by atoms with Crippen molar-refractivity contribution in [2.24, 2.45) is 11.3 Å². The standard InChI is InChI=1S/C51H51F2N9O7S/c52-35-16-20-60(27-35)70(67,68)57-44-10-8-42(53)47(41(44)23-54)69-38-6-9-43-40(22-38)50(66)62(30-55-43)37-4-2-36(3-5-37)59-19-15-31(25-59)24-58-28-51(29-58)17-13-32(14-18-51)33-1-7-39-34(21-33)26-61(49(39)65)45-11-12-46(63)56-48(45)64/h1-10,21-22,30-32,35,45,57H,11-20,24-29H2,(H,56,63,64)/t31?,35-,45-/m1/s1. The van der Waals surface area contributed by atoms with Crippen molar-refractivity contribution in [3.05, 3.63) is 118 Å². The number of anilines is 2. The van der Waals surface area contributed by atoms with E-state index < -0.39 is 45.1 Å². The maximum Gasteiger partial charge on any atom is 0.301 e. The highest BCUT2D eigenvalue weighted by atomic mass is 32.2. The Balaban J connectivity index is 0.683. The van der Waals surface area contributed by atoms with Crippen LogP contribution in [0.4, 0.5) is 20.2 Å². The number of likely N-dealkylation sites (tertiary alicyclic amines) is 1. The topological polar surface area (TPSA) is 190 Å². The van der Waals surface area contributed by atoms with Crippen LogP contribution in [0.5, 0.6) is 11.5 Å². The summed E-state index contributed by atoms with van der Waals surface area (Å²) < 4.78 is 65.3. The van der Waals surface area contributed by atoms with Crippen molar-refractivity contribution < 1.29 is 36.3 Å². The zero-order chi connectivity index (χ0) is 48.5. The van der Waals surface area contributed by atoms with Crippen LogP contribution in [0.25, 0.3) is 16.6 Å². The number of rotatable bonds is 11. The Kier molecular flexibility index (Phi) is 11.7. The molecule has 70 heavy (non-hydrogen) atoms. The molecule has 0 bridgehead atoms. The summed E-state index contributed by atoms with van der Waals surface area (Å²) in [5.41, 5.74) is 4.22. The van der Waals surface area contributed by atoms with Gasteiger partial charge in [-0.15, -0.1) is 0 Å². The first-order chi connectivity index (χ1) is 33.7. The number of alkyl halides is 1. The van der Waals surface area contributed by atoms with Gasteiger partial charge in [0.25, 0.3) is 11.5 Å². The number of nitrogens with zero attached hydrogens (tertiary/aromatic N) is 7. The zero-order valence-electron chi connectivity index (χ0n) is 38.3. The number of amides is 3. The number of benzene rings is 4. The molecule has 6 aliphatic rings. The molecule has 1 saturated carbocycles. The summed E-state index contributed by atoms with van der Waals surface area (Å²) in [4.78, 5) is 62.4. The molecule has 5 aromatic rings. The number of carbonyl (C=O) groups is 3. The number of fused-ring (bicyclic) bond motifs is 2. The number of halogens is 2. The lowest BCUT2D eigenvalue weighted by Gasteiger charge is -2.54. The average Bonchev–Trinajstić information content (AvgIpc) is 4.09. The molecule has 5 fully saturated rings. The average molecular weight is 972 g/mol. The van der Waals surface area contributed by atoms with E-state index in [0.717, 1.165) is 79.7 Å². The number of piperidine rings is 1. The summed E-state index contributed by atoms with van der Waals surface area (Å²) in [5, 5.41) is 12.5. The van der Waals surface area contributed by atoms with Crippen LogP contribution in [0.15, 0.2) is 83.9 Å². The minimum Gasteiger partial charge on any atom is -0.453 e. The highest BCUT2D eigenvalue weighted by molar-refractivity contribution is 7.90. The fourth-order valence-corrected chi connectivity index (χ4v) is 12.9. The van der Waals surface area contributed by atoms with Crippen molar-refractivity contribution in [2.75, 3.05) is 55.4 Å². The summed E-state index contributed by atoms with van der Waals surface area (Å²) in [6.07, 6.45) is 6.45. The third kappa shape index (κ3) is 8.55. The van der Waals surface area contributed by atoms with Gasteiger partial charge >= 0.3 is 10.2 Å². The molecule has 16 nitrogen and oxygen atoms in total. The number of nitrogens with one attached hydrogen (secondary N) is 2. The summed E-state index contributed by atoms with van der Waals surface area (Å²) in [6, 6.07) is 21.6.